The lowest BCUT2D eigenvalue weighted by molar-refractivity contribution is -0.140. The number of nitrogens with one attached hydrogen (secondary N) is 1. The van der Waals surface area contributed by atoms with Gasteiger partial charge in [-0.1, -0.05) is 41.8 Å². The molecule has 2 rings (SSSR count). The summed E-state index contributed by atoms with van der Waals surface area (Å²) in [6.45, 7) is 2.05. The number of rotatable bonds is 7. The van der Waals surface area contributed by atoms with E-state index in [1.54, 1.807) is 0 Å². The van der Waals surface area contributed by atoms with E-state index in [4.69, 9.17) is 0 Å². The van der Waals surface area contributed by atoms with Crippen molar-refractivity contribution in [3.63, 3.8) is 0 Å². The summed E-state index contributed by atoms with van der Waals surface area (Å²) in [4.78, 5) is 11.2. The Bertz CT molecular complexity index is 503. The Morgan fingerprint density at radius 3 is 2.81 bits per heavy atom. The first-order valence-electron chi connectivity index (χ1n) is 7.45. The van der Waals surface area contributed by atoms with Gasteiger partial charge in [-0.15, -0.1) is 0 Å². The third-order valence-electron chi connectivity index (χ3n) is 4.12. The van der Waals surface area contributed by atoms with Gasteiger partial charge in [-0.25, -0.2) is 4.39 Å². The van der Waals surface area contributed by atoms with Crippen molar-refractivity contribution in [3.8, 4) is 0 Å². The van der Waals surface area contributed by atoms with Crippen LogP contribution in [0, 0.1) is 5.82 Å². The van der Waals surface area contributed by atoms with Gasteiger partial charge >= 0.3 is 5.97 Å². The third-order valence-corrected chi connectivity index (χ3v) is 4.61. The van der Waals surface area contributed by atoms with Crippen LogP contribution in [0.15, 0.2) is 22.7 Å². The predicted octanol–water partition coefficient (Wildman–Crippen LogP) is 4.07. The molecule has 0 heterocycles. The van der Waals surface area contributed by atoms with Gasteiger partial charge in [-0.2, -0.15) is 0 Å². The Labute approximate surface area is 133 Å². The van der Waals surface area contributed by atoms with Gasteiger partial charge in [0.05, 0.1) is 0 Å². The van der Waals surface area contributed by atoms with E-state index in [1.807, 2.05) is 12.1 Å². The molecule has 1 aromatic rings. The van der Waals surface area contributed by atoms with Crippen LogP contribution in [0.25, 0.3) is 0 Å². The molecular weight excluding hydrogens is 337 g/mol. The Morgan fingerprint density at radius 1 is 1.52 bits per heavy atom. The zero-order valence-electron chi connectivity index (χ0n) is 12.1. The van der Waals surface area contributed by atoms with Crippen LogP contribution in [0.1, 0.15) is 50.5 Å². The van der Waals surface area contributed by atoms with Crippen LogP contribution in [-0.4, -0.2) is 23.2 Å². The highest BCUT2D eigenvalue weighted by Gasteiger charge is 2.34. The molecule has 0 aliphatic heterocycles. The number of halogens is 2. The number of benzene rings is 1. The molecule has 1 aromatic carbocycles. The summed E-state index contributed by atoms with van der Waals surface area (Å²) in [5.41, 5.74) is 0.733. The minimum Gasteiger partial charge on any atom is -0.480 e. The lowest BCUT2D eigenvalue weighted by Gasteiger charge is -2.38. The van der Waals surface area contributed by atoms with Crippen molar-refractivity contribution in [1.29, 1.82) is 0 Å². The van der Waals surface area contributed by atoms with Gasteiger partial charge in [0.1, 0.15) is 11.9 Å². The molecule has 1 unspecified atom stereocenters. The van der Waals surface area contributed by atoms with Gasteiger partial charge in [-0.05, 0) is 42.9 Å². The summed E-state index contributed by atoms with van der Waals surface area (Å²) in [5, 5.41) is 12.4. The van der Waals surface area contributed by atoms with Gasteiger partial charge in [0.2, 0.25) is 0 Å². The average Bonchev–Trinajstić information content (AvgIpc) is 2.37. The number of carbonyl (C=O) groups is 1. The first-order chi connectivity index (χ1) is 10.0. The van der Waals surface area contributed by atoms with E-state index >= 15 is 0 Å². The Hall–Kier alpha value is -0.940. The highest BCUT2D eigenvalue weighted by Crippen LogP contribution is 2.39. The molecule has 0 spiro atoms. The number of hydrogen-bond donors (Lipinski definition) is 2. The average molecular weight is 358 g/mol. The van der Waals surface area contributed by atoms with Crippen LogP contribution in [-0.2, 0) is 4.79 Å². The fourth-order valence-electron chi connectivity index (χ4n) is 2.81. The second-order valence-electron chi connectivity index (χ2n) is 5.73. The van der Waals surface area contributed by atoms with Crippen molar-refractivity contribution in [1.82, 2.24) is 5.32 Å². The molecule has 1 aliphatic rings. The van der Waals surface area contributed by atoms with Crippen LogP contribution in [0.4, 0.5) is 4.39 Å². The summed E-state index contributed by atoms with van der Waals surface area (Å²) in [5.74, 6) is -0.786. The first kappa shape index (κ1) is 16.4. The van der Waals surface area contributed by atoms with E-state index in [2.05, 4.69) is 28.2 Å². The molecule has 0 amide bonds. The molecule has 1 saturated carbocycles. The molecular formula is C16H21BrFNO2. The Balaban J connectivity index is 1.86. The lowest BCUT2D eigenvalue weighted by atomic mass is 9.75. The van der Waals surface area contributed by atoms with Crippen LogP contribution in [0.3, 0.4) is 0 Å². The molecule has 0 radical (unpaired) electrons. The zero-order chi connectivity index (χ0) is 15.4. The van der Waals surface area contributed by atoms with Gasteiger partial charge in [0.15, 0.2) is 0 Å². The smallest absolute Gasteiger partial charge is 0.320 e. The van der Waals surface area contributed by atoms with E-state index in [-0.39, 0.29) is 17.8 Å². The summed E-state index contributed by atoms with van der Waals surface area (Å²) >= 11 is 3.25. The molecule has 2 N–H and O–H groups in total. The van der Waals surface area contributed by atoms with E-state index in [9.17, 15) is 14.3 Å². The largest absolute Gasteiger partial charge is 0.480 e. The standard InChI is InChI=1S/C16H21BrFNO2/c1-2-3-4-15(16(20)21)19-12-7-10(8-12)13-6-5-11(17)9-14(13)18/h5-6,9-10,12,15,19H,2-4,7-8H2,1H3,(H,20,21). The summed E-state index contributed by atoms with van der Waals surface area (Å²) < 4.78 is 14.6. The quantitative estimate of drug-likeness (QED) is 0.773. The van der Waals surface area contributed by atoms with E-state index in [0.29, 0.717) is 6.42 Å². The molecule has 1 atom stereocenters. The fourth-order valence-corrected chi connectivity index (χ4v) is 3.14. The van der Waals surface area contributed by atoms with Crippen molar-refractivity contribution < 1.29 is 14.3 Å². The molecule has 0 bridgehead atoms. The van der Waals surface area contributed by atoms with Gasteiger partial charge < -0.3 is 10.4 Å². The van der Waals surface area contributed by atoms with Gasteiger partial charge in [0, 0.05) is 10.5 Å². The number of hydrogen-bond acceptors (Lipinski definition) is 2. The molecule has 1 aliphatic carbocycles. The molecule has 116 valence electrons. The van der Waals surface area contributed by atoms with Crippen LogP contribution >= 0.6 is 15.9 Å². The summed E-state index contributed by atoms with van der Waals surface area (Å²) in [7, 11) is 0. The van der Waals surface area contributed by atoms with Gasteiger partial charge in [-0.3, -0.25) is 4.79 Å². The topological polar surface area (TPSA) is 49.3 Å². The number of carboxylic acid groups (broad SMARTS) is 1. The molecule has 1 fully saturated rings. The molecule has 3 nitrogen and oxygen atoms in total. The number of carboxylic acids is 1. The SMILES string of the molecule is CCCCC(NC1CC(c2ccc(Br)cc2F)C1)C(=O)O. The van der Waals surface area contributed by atoms with Crippen molar-refractivity contribution >= 4 is 21.9 Å². The zero-order valence-corrected chi connectivity index (χ0v) is 13.7. The minimum atomic E-state index is -0.790. The fraction of sp³-hybridized carbons (Fsp3) is 0.562. The maximum atomic E-state index is 13.9. The van der Waals surface area contributed by atoms with Crippen molar-refractivity contribution in [2.75, 3.05) is 0 Å². The first-order valence-corrected chi connectivity index (χ1v) is 8.24. The second kappa shape index (κ2) is 7.36. The van der Waals surface area contributed by atoms with E-state index < -0.39 is 12.0 Å². The third kappa shape index (κ3) is 4.27. The minimum absolute atomic E-state index is 0.177. The highest BCUT2D eigenvalue weighted by atomic mass is 79.9. The second-order valence-corrected chi connectivity index (χ2v) is 6.65. The van der Waals surface area contributed by atoms with Crippen molar-refractivity contribution in [2.45, 2.75) is 57.0 Å². The Morgan fingerprint density at radius 2 is 2.24 bits per heavy atom. The number of unbranched alkanes of at least 4 members (excludes halogenated alkanes) is 1. The van der Waals surface area contributed by atoms with E-state index in [0.717, 1.165) is 35.7 Å². The van der Waals surface area contributed by atoms with Crippen molar-refractivity contribution in [3.05, 3.63) is 34.1 Å². The van der Waals surface area contributed by atoms with Crippen LogP contribution in [0.5, 0.6) is 0 Å². The number of aliphatic carboxylic acids is 1. The van der Waals surface area contributed by atoms with Crippen LogP contribution in [0.2, 0.25) is 0 Å². The molecule has 0 aromatic heterocycles. The summed E-state index contributed by atoms with van der Waals surface area (Å²) in [6.07, 6.45) is 4.15. The Kier molecular flexibility index (Phi) is 5.76. The van der Waals surface area contributed by atoms with Gasteiger partial charge in [0.25, 0.3) is 0 Å². The summed E-state index contributed by atoms with van der Waals surface area (Å²) in [6, 6.07) is 4.84. The monoisotopic (exact) mass is 357 g/mol. The van der Waals surface area contributed by atoms with Crippen molar-refractivity contribution in [2.24, 2.45) is 0 Å². The molecule has 5 heteroatoms. The van der Waals surface area contributed by atoms with Crippen LogP contribution < -0.4 is 5.32 Å². The molecule has 0 saturated heterocycles. The normalized spacial score (nSPS) is 22.6. The maximum Gasteiger partial charge on any atom is 0.320 e. The van der Waals surface area contributed by atoms with E-state index in [1.165, 1.54) is 6.07 Å². The predicted molar refractivity (Wildman–Crippen MR) is 83.9 cm³/mol. The maximum absolute atomic E-state index is 13.9. The molecule has 21 heavy (non-hydrogen) atoms. The lowest BCUT2D eigenvalue weighted by Crippen LogP contribution is -2.48. The highest BCUT2D eigenvalue weighted by molar-refractivity contribution is 9.10.